The van der Waals surface area contributed by atoms with Crippen LogP contribution in [0.25, 0.3) is 0 Å². The van der Waals surface area contributed by atoms with Crippen molar-refractivity contribution in [1.82, 2.24) is 0 Å². The minimum Gasteiger partial charge on any atom is -0.497 e. The van der Waals surface area contributed by atoms with Gasteiger partial charge in [-0.15, -0.1) is 0 Å². The Morgan fingerprint density at radius 2 is 1.77 bits per heavy atom. The first kappa shape index (κ1) is 16.5. The maximum atomic E-state index is 12.7. The average Bonchev–Trinajstić information content (AvgIpc) is 2.99. The molecular weight excluding hydrogens is 322 g/mol. The van der Waals surface area contributed by atoms with Crippen LogP contribution in [-0.2, 0) is 19.4 Å². The van der Waals surface area contributed by atoms with Gasteiger partial charge in [-0.2, -0.15) is 0 Å². The summed E-state index contributed by atoms with van der Waals surface area (Å²) >= 11 is 0. The predicted octanol–water partition coefficient (Wildman–Crippen LogP) is 3.63. The molecule has 0 saturated carbocycles. The number of methoxy groups -OCH3 is 1. The van der Waals surface area contributed by atoms with Crippen molar-refractivity contribution in [3.8, 4) is 5.75 Å². The molecule has 1 aromatic heterocycles. The lowest BCUT2D eigenvalue weighted by Gasteiger charge is -2.07. The van der Waals surface area contributed by atoms with Crippen molar-refractivity contribution in [2.24, 2.45) is 5.92 Å². The monoisotopic (exact) mass is 344 g/mol. The Labute approximate surface area is 153 Å². The molecule has 0 N–H and O–H groups in total. The molecule has 0 fully saturated rings. The second-order valence-corrected chi connectivity index (χ2v) is 6.86. The van der Waals surface area contributed by atoms with E-state index < -0.39 is 0 Å². The van der Waals surface area contributed by atoms with E-state index in [1.54, 1.807) is 7.11 Å². The van der Waals surface area contributed by atoms with E-state index in [9.17, 15) is 4.79 Å². The van der Waals surface area contributed by atoms with Crippen molar-refractivity contribution in [2.75, 3.05) is 7.11 Å². The van der Waals surface area contributed by atoms with Gasteiger partial charge in [-0.3, -0.25) is 4.79 Å². The third-order valence-corrected chi connectivity index (χ3v) is 5.07. The molecule has 1 aliphatic rings. The number of benzene rings is 2. The Balaban J connectivity index is 1.44. The molecule has 4 rings (SSSR count). The van der Waals surface area contributed by atoms with Gasteiger partial charge < -0.3 is 4.74 Å². The van der Waals surface area contributed by atoms with E-state index in [2.05, 4.69) is 53.4 Å². The van der Waals surface area contributed by atoms with E-state index in [1.807, 2.05) is 24.3 Å². The van der Waals surface area contributed by atoms with E-state index in [1.165, 1.54) is 11.1 Å². The maximum absolute atomic E-state index is 12.7. The molecule has 0 bridgehead atoms. The van der Waals surface area contributed by atoms with Crippen LogP contribution in [0, 0.1) is 5.92 Å². The van der Waals surface area contributed by atoms with Crippen LogP contribution >= 0.6 is 0 Å². The topological polar surface area (TPSA) is 30.2 Å². The minimum absolute atomic E-state index is 0.0297. The first-order valence-electron chi connectivity index (χ1n) is 8.96. The second kappa shape index (κ2) is 7.12. The standard InChI is InChI=1S/C23H22NO2/c1-26-21-7-8-22-19(15-21)14-20(23(22)25)13-17-9-11-24(12-10-17)16-18-5-3-2-4-6-18/h2-12,15,20H,13-14,16H2,1H3/q+1. The number of carbonyl (C=O) groups is 1. The quantitative estimate of drug-likeness (QED) is 0.662. The molecule has 0 amide bonds. The van der Waals surface area contributed by atoms with Gasteiger partial charge in [-0.05, 0) is 42.2 Å². The van der Waals surface area contributed by atoms with Crippen LogP contribution in [0.2, 0.25) is 0 Å². The molecule has 0 spiro atoms. The fourth-order valence-corrected chi connectivity index (χ4v) is 3.66. The summed E-state index contributed by atoms with van der Waals surface area (Å²) in [5.74, 6) is 1.10. The zero-order valence-corrected chi connectivity index (χ0v) is 14.9. The van der Waals surface area contributed by atoms with Crippen LogP contribution in [0.3, 0.4) is 0 Å². The molecule has 1 unspecified atom stereocenters. The number of hydrogen-bond donors (Lipinski definition) is 0. The molecule has 1 atom stereocenters. The lowest BCUT2D eigenvalue weighted by Crippen LogP contribution is -2.33. The fourth-order valence-electron chi connectivity index (χ4n) is 3.66. The van der Waals surface area contributed by atoms with Gasteiger partial charge in [-0.25, -0.2) is 4.57 Å². The van der Waals surface area contributed by atoms with Gasteiger partial charge in [0.25, 0.3) is 0 Å². The summed E-state index contributed by atoms with van der Waals surface area (Å²) in [6.45, 7) is 0.856. The highest BCUT2D eigenvalue weighted by Gasteiger charge is 2.30. The smallest absolute Gasteiger partial charge is 0.173 e. The number of Topliss-reactive ketones (excluding diaryl/α,β-unsaturated/α-hetero) is 1. The molecule has 3 nitrogen and oxygen atoms in total. The number of aromatic nitrogens is 1. The zero-order chi connectivity index (χ0) is 17.9. The molecule has 0 saturated heterocycles. The molecule has 3 heteroatoms. The van der Waals surface area contributed by atoms with Crippen molar-refractivity contribution in [2.45, 2.75) is 19.4 Å². The molecule has 130 valence electrons. The van der Waals surface area contributed by atoms with E-state index in [-0.39, 0.29) is 11.7 Å². The number of rotatable bonds is 5. The average molecular weight is 344 g/mol. The Morgan fingerprint density at radius 3 is 2.50 bits per heavy atom. The summed E-state index contributed by atoms with van der Waals surface area (Å²) < 4.78 is 7.44. The van der Waals surface area contributed by atoms with Crippen LogP contribution in [-0.4, -0.2) is 12.9 Å². The third kappa shape index (κ3) is 3.38. The van der Waals surface area contributed by atoms with Crippen LogP contribution < -0.4 is 9.30 Å². The Kier molecular flexibility index (Phi) is 4.53. The normalized spacial score (nSPS) is 15.7. The lowest BCUT2D eigenvalue weighted by molar-refractivity contribution is -0.688. The summed E-state index contributed by atoms with van der Waals surface area (Å²) in [5.41, 5.74) is 4.44. The van der Waals surface area contributed by atoms with E-state index >= 15 is 0 Å². The SMILES string of the molecule is COc1ccc2c(c1)CC(Cc1cc[n+](Cc3ccccc3)cc1)C2=O. The van der Waals surface area contributed by atoms with E-state index in [0.29, 0.717) is 0 Å². The molecule has 0 radical (unpaired) electrons. The summed E-state index contributed by atoms with van der Waals surface area (Å²) in [6.07, 6.45) is 5.77. The molecule has 2 aromatic carbocycles. The van der Waals surface area contributed by atoms with Gasteiger partial charge in [0.1, 0.15) is 5.75 Å². The molecule has 3 aromatic rings. The summed E-state index contributed by atoms with van der Waals surface area (Å²) in [4.78, 5) is 12.7. The number of ether oxygens (including phenoxy) is 1. The highest BCUT2D eigenvalue weighted by molar-refractivity contribution is 6.02. The summed E-state index contributed by atoms with van der Waals surface area (Å²) in [6, 6.07) is 20.4. The number of pyridine rings is 1. The van der Waals surface area contributed by atoms with Crippen molar-refractivity contribution >= 4 is 5.78 Å². The van der Waals surface area contributed by atoms with Gasteiger partial charge >= 0.3 is 0 Å². The lowest BCUT2D eigenvalue weighted by atomic mass is 9.96. The Morgan fingerprint density at radius 1 is 1.00 bits per heavy atom. The molecule has 26 heavy (non-hydrogen) atoms. The van der Waals surface area contributed by atoms with Gasteiger partial charge in [0.15, 0.2) is 24.7 Å². The van der Waals surface area contributed by atoms with E-state index in [0.717, 1.165) is 36.3 Å². The van der Waals surface area contributed by atoms with Crippen molar-refractivity contribution in [1.29, 1.82) is 0 Å². The maximum Gasteiger partial charge on any atom is 0.173 e. The zero-order valence-electron chi connectivity index (χ0n) is 14.9. The Hall–Kier alpha value is -2.94. The number of hydrogen-bond acceptors (Lipinski definition) is 2. The van der Waals surface area contributed by atoms with Crippen molar-refractivity contribution in [3.05, 3.63) is 95.3 Å². The number of nitrogens with zero attached hydrogens (tertiary/aromatic N) is 1. The van der Waals surface area contributed by atoms with Gasteiger partial charge in [0.2, 0.25) is 0 Å². The van der Waals surface area contributed by atoms with Crippen LogP contribution in [0.4, 0.5) is 0 Å². The predicted molar refractivity (Wildman–Crippen MR) is 100 cm³/mol. The first-order chi connectivity index (χ1) is 12.7. The van der Waals surface area contributed by atoms with E-state index in [4.69, 9.17) is 4.74 Å². The highest BCUT2D eigenvalue weighted by Crippen LogP contribution is 2.31. The molecule has 1 heterocycles. The van der Waals surface area contributed by atoms with Crippen LogP contribution in [0.5, 0.6) is 5.75 Å². The fraction of sp³-hybridized carbons (Fsp3) is 0.217. The molecule has 1 aliphatic carbocycles. The number of fused-ring (bicyclic) bond motifs is 1. The molecular formula is C23H22NO2+. The second-order valence-electron chi connectivity index (χ2n) is 6.86. The van der Waals surface area contributed by atoms with Gasteiger partial charge in [0.05, 0.1) is 7.11 Å². The largest absolute Gasteiger partial charge is 0.497 e. The van der Waals surface area contributed by atoms with Gasteiger partial charge in [-0.1, -0.05) is 30.3 Å². The number of carbonyl (C=O) groups excluding carboxylic acids is 1. The minimum atomic E-state index is 0.0297. The highest BCUT2D eigenvalue weighted by atomic mass is 16.5. The van der Waals surface area contributed by atoms with Crippen LogP contribution in [0.15, 0.2) is 73.1 Å². The number of ketones is 1. The van der Waals surface area contributed by atoms with Gasteiger partial charge in [0, 0.05) is 29.2 Å². The summed E-state index contributed by atoms with van der Waals surface area (Å²) in [5, 5.41) is 0. The van der Waals surface area contributed by atoms with Crippen molar-refractivity contribution < 1.29 is 14.1 Å². The molecule has 0 aliphatic heterocycles. The van der Waals surface area contributed by atoms with Crippen LogP contribution in [0.1, 0.15) is 27.0 Å². The summed E-state index contributed by atoms with van der Waals surface area (Å²) in [7, 11) is 1.66. The Bertz CT molecular complexity index is 917. The van der Waals surface area contributed by atoms with Crippen molar-refractivity contribution in [3.63, 3.8) is 0 Å². The third-order valence-electron chi connectivity index (χ3n) is 5.07. The first-order valence-corrected chi connectivity index (χ1v) is 8.96.